The number of nitrogens with zero attached hydrogens (tertiary/aromatic N) is 1. The van der Waals surface area contributed by atoms with Gasteiger partial charge in [-0.05, 0) is 18.1 Å². The molecule has 0 aliphatic rings. The lowest BCUT2D eigenvalue weighted by Crippen LogP contribution is -1.79. The van der Waals surface area contributed by atoms with Crippen LogP contribution in [0.2, 0.25) is 0 Å². The molecule has 1 heteroatoms. The summed E-state index contributed by atoms with van der Waals surface area (Å²) < 4.78 is 0. The van der Waals surface area contributed by atoms with Crippen LogP contribution in [-0.4, -0.2) is 4.98 Å². The summed E-state index contributed by atoms with van der Waals surface area (Å²) in [6.07, 6.45) is 5.98. The van der Waals surface area contributed by atoms with Gasteiger partial charge in [0.2, 0.25) is 0 Å². The molecular weight excluding hydrogens is 110 g/mol. The van der Waals surface area contributed by atoms with E-state index in [0.29, 0.717) is 0 Å². The molecule has 0 N–H and O–H groups in total. The van der Waals surface area contributed by atoms with E-state index in [-0.39, 0.29) is 0 Å². The van der Waals surface area contributed by atoms with E-state index in [0.717, 1.165) is 12.0 Å². The Morgan fingerprint density at radius 1 is 1.67 bits per heavy atom. The van der Waals surface area contributed by atoms with Crippen LogP contribution in [0.1, 0.15) is 5.56 Å². The van der Waals surface area contributed by atoms with Crippen LogP contribution in [0.4, 0.5) is 0 Å². The van der Waals surface area contributed by atoms with Gasteiger partial charge in [-0.15, -0.1) is 0 Å². The van der Waals surface area contributed by atoms with Gasteiger partial charge in [0.25, 0.3) is 0 Å². The number of pyridine rings is 1. The molecule has 1 radical (unpaired) electrons. The fourth-order valence-electron chi connectivity index (χ4n) is 0.655. The molecule has 1 rings (SSSR count). The molecule has 9 heavy (non-hydrogen) atoms. The Labute approximate surface area is 55.1 Å². The average molecular weight is 118 g/mol. The van der Waals surface area contributed by atoms with Crippen LogP contribution < -0.4 is 0 Å². The highest BCUT2D eigenvalue weighted by Crippen LogP contribution is 1.95. The van der Waals surface area contributed by atoms with Crippen molar-refractivity contribution in [3.63, 3.8) is 0 Å². The van der Waals surface area contributed by atoms with Crippen molar-refractivity contribution in [3.8, 4) is 0 Å². The van der Waals surface area contributed by atoms with Gasteiger partial charge in [0.05, 0.1) is 0 Å². The van der Waals surface area contributed by atoms with Crippen molar-refractivity contribution in [1.82, 2.24) is 4.98 Å². The molecule has 0 bridgehead atoms. The SMILES string of the molecule is [CH]=CCc1cccnc1. The molecule has 0 saturated heterocycles. The first-order valence-corrected chi connectivity index (χ1v) is 2.86. The molecular formula is C8H8N. The fourth-order valence-corrected chi connectivity index (χ4v) is 0.655. The van der Waals surface area contributed by atoms with E-state index in [9.17, 15) is 0 Å². The van der Waals surface area contributed by atoms with Gasteiger partial charge in [-0.25, -0.2) is 0 Å². The van der Waals surface area contributed by atoms with E-state index in [1.807, 2.05) is 18.3 Å². The monoisotopic (exact) mass is 118 g/mol. The van der Waals surface area contributed by atoms with Crippen molar-refractivity contribution in [2.75, 3.05) is 0 Å². The molecule has 0 amide bonds. The number of hydrogen-bond acceptors (Lipinski definition) is 1. The van der Waals surface area contributed by atoms with Crippen LogP contribution in [0.25, 0.3) is 0 Å². The maximum Gasteiger partial charge on any atom is 0.0303 e. The van der Waals surface area contributed by atoms with Gasteiger partial charge in [0, 0.05) is 12.4 Å². The smallest absolute Gasteiger partial charge is 0.0303 e. The summed E-state index contributed by atoms with van der Waals surface area (Å²) in [6, 6.07) is 3.90. The van der Waals surface area contributed by atoms with Crippen LogP contribution in [0.15, 0.2) is 30.6 Å². The van der Waals surface area contributed by atoms with E-state index in [1.165, 1.54) is 0 Å². The predicted octanol–water partition coefficient (Wildman–Crippen LogP) is 1.61. The van der Waals surface area contributed by atoms with Gasteiger partial charge >= 0.3 is 0 Å². The quantitative estimate of drug-likeness (QED) is 0.575. The zero-order chi connectivity index (χ0) is 6.53. The van der Waals surface area contributed by atoms with Crippen LogP contribution in [0.5, 0.6) is 0 Å². The van der Waals surface area contributed by atoms with Crippen molar-refractivity contribution in [2.45, 2.75) is 6.42 Å². The second kappa shape index (κ2) is 3.02. The lowest BCUT2D eigenvalue weighted by Gasteiger charge is -1.90. The Kier molecular flexibility index (Phi) is 2.02. The topological polar surface area (TPSA) is 12.9 Å². The Hall–Kier alpha value is -1.11. The van der Waals surface area contributed by atoms with Crippen molar-refractivity contribution in [1.29, 1.82) is 0 Å². The summed E-state index contributed by atoms with van der Waals surface area (Å²) in [7, 11) is 0. The zero-order valence-corrected chi connectivity index (χ0v) is 5.12. The van der Waals surface area contributed by atoms with Gasteiger partial charge in [-0.2, -0.15) is 0 Å². The third-order valence-corrected chi connectivity index (χ3v) is 1.08. The molecule has 45 valence electrons. The lowest BCUT2D eigenvalue weighted by atomic mass is 10.2. The number of allylic oxidation sites excluding steroid dienone is 1. The first kappa shape index (κ1) is 6.02. The van der Waals surface area contributed by atoms with E-state index in [4.69, 9.17) is 6.58 Å². The maximum atomic E-state index is 5.21. The molecule has 0 saturated carbocycles. The third kappa shape index (κ3) is 1.68. The molecule has 1 heterocycles. The van der Waals surface area contributed by atoms with Gasteiger partial charge < -0.3 is 0 Å². The first-order valence-electron chi connectivity index (χ1n) is 2.86. The summed E-state index contributed by atoms with van der Waals surface area (Å²) in [5, 5.41) is 0. The van der Waals surface area contributed by atoms with E-state index in [1.54, 1.807) is 12.3 Å². The second-order valence-electron chi connectivity index (χ2n) is 1.80. The summed E-state index contributed by atoms with van der Waals surface area (Å²) in [5.74, 6) is 0. The highest BCUT2D eigenvalue weighted by atomic mass is 14.6. The third-order valence-electron chi connectivity index (χ3n) is 1.08. The van der Waals surface area contributed by atoms with Crippen LogP contribution >= 0.6 is 0 Å². The van der Waals surface area contributed by atoms with Crippen molar-refractivity contribution >= 4 is 0 Å². The number of hydrogen-bond donors (Lipinski definition) is 0. The van der Waals surface area contributed by atoms with E-state index in [2.05, 4.69) is 4.98 Å². The molecule has 0 aliphatic heterocycles. The molecule has 1 aromatic rings. The second-order valence-corrected chi connectivity index (χ2v) is 1.80. The summed E-state index contributed by atoms with van der Waals surface area (Å²) in [5.41, 5.74) is 1.15. The first-order chi connectivity index (χ1) is 4.43. The van der Waals surface area contributed by atoms with Crippen LogP contribution in [0.3, 0.4) is 0 Å². The molecule has 0 atom stereocenters. The fraction of sp³-hybridized carbons (Fsp3) is 0.125. The Balaban J connectivity index is 2.72. The summed E-state index contributed by atoms with van der Waals surface area (Å²) >= 11 is 0. The van der Waals surface area contributed by atoms with Gasteiger partial charge in [0.1, 0.15) is 0 Å². The van der Waals surface area contributed by atoms with E-state index >= 15 is 0 Å². The Morgan fingerprint density at radius 2 is 2.56 bits per heavy atom. The highest BCUT2D eigenvalue weighted by Gasteiger charge is 1.83. The van der Waals surface area contributed by atoms with Crippen molar-refractivity contribution in [3.05, 3.63) is 42.7 Å². The molecule has 0 aromatic carbocycles. The average Bonchev–Trinajstić information content (AvgIpc) is 1.91. The Morgan fingerprint density at radius 3 is 3.11 bits per heavy atom. The lowest BCUT2D eigenvalue weighted by molar-refractivity contribution is 1.19. The Bertz CT molecular complexity index is 179. The number of aromatic nitrogens is 1. The number of rotatable bonds is 2. The van der Waals surface area contributed by atoms with E-state index < -0.39 is 0 Å². The minimum absolute atomic E-state index is 0.799. The molecule has 1 nitrogen and oxygen atoms in total. The van der Waals surface area contributed by atoms with Gasteiger partial charge in [0.15, 0.2) is 0 Å². The molecule has 0 fully saturated rings. The molecule has 0 unspecified atom stereocenters. The standard InChI is InChI=1S/C8H8N/c1-2-4-8-5-3-6-9-7-8/h1-3,5-7H,4H2. The van der Waals surface area contributed by atoms with Crippen molar-refractivity contribution < 1.29 is 0 Å². The molecule has 0 spiro atoms. The normalized spacial score (nSPS) is 8.89. The minimum atomic E-state index is 0.799. The van der Waals surface area contributed by atoms with Gasteiger partial charge in [-0.3, -0.25) is 4.98 Å². The molecule has 0 aliphatic carbocycles. The van der Waals surface area contributed by atoms with Crippen molar-refractivity contribution in [2.24, 2.45) is 0 Å². The van der Waals surface area contributed by atoms with Crippen LogP contribution in [0, 0.1) is 6.58 Å². The predicted molar refractivity (Wildman–Crippen MR) is 36.8 cm³/mol. The maximum absolute atomic E-state index is 5.21. The van der Waals surface area contributed by atoms with Gasteiger partial charge in [-0.1, -0.05) is 18.7 Å². The largest absolute Gasteiger partial charge is 0.264 e. The minimum Gasteiger partial charge on any atom is -0.264 e. The highest BCUT2D eigenvalue weighted by molar-refractivity contribution is 5.10. The van der Waals surface area contributed by atoms with Crippen LogP contribution in [-0.2, 0) is 6.42 Å². The molecule has 1 aromatic heterocycles. The zero-order valence-electron chi connectivity index (χ0n) is 5.12. The summed E-state index contributed by atoms with van der Waals surface area (Å²) in [4.78, 5) is 3.93. The summed E-state index contributed by atoms with van der Waals surface area (Å²) in [6.45, 7) is 5.21.